The summed E-state index contributed by atoms with van der Waals surface area (Å²) in [5.41, 5.74) is 0.538. The molecule has 0 saturated carbocycles. The zero-order valence-electron chi connectivity index (χ0n) is 11.5. The van der Waals surface area contributed by atoms with E-state index in [9.17, 15) is 14.7 Å². The second-order valence-electron chi connectivity index (χ2n) is 5.20. The van der Waals surface area contributed by atoms with Crippen molar-refractivity contribution < 1.29 is 19.4 Å². The summed E-state index contributed by atoms with van der Waals surface area (Å²) in [6.07, 6.45) is 0. The summed E-state index contributed by atoms with van der Waals surface area (Å²) in [6, 6.07) is 6.39. The Kier molecular flexibility index (Phi) is 3.94. The Balaban J connectivity index is 2.02. The van der Waals surface area contributed by atoms with E-state index in [4.69, 9.17) is 4.74 Å². The van der Waals surface area contributed by atoms with Crippen LogP contribution in [0.3, 0.4) is 0 Å². The molecule has 2 atom stereocenters. The smallest absolute Gasteiger partial charge is 0.319 e. The van der Waals surface area contributed by atoms with Crippen LogP contribution in [0.2, 0.25) is 0 Å². The maximum atomic E-state index is 12.0. The molecule has 6 nitrogen and oxygen atoms in total. The van der Waals surface area contributed by atoms with Gasteiger partial charge in [0.1, 0.15) is 5.41 Å². The first-order valence-electron chi connectivity index (χ1n) is 6.38. The lowest BCUT2D eigenvalue weighted by Crippen LogP contribution is -2.50. The number of para-hydroxylation sites is 1. The van der Waals surface area contributed by atoms with Crippen LogP contribution in [-0.4, -0.2) is 36.4 Å². The maximum absolute atomic E-state index is 12.0. The lowest BCUT2D eigenvalue weighted by Gasteiger charge is -2.25. The van der Waals surface area contributed by atoms with E-state index in [1.54, 1.807) is 13.0 Å². The molecule has 1 saturated heterocycles. The van der Waals surface area contributed by atoms with Gasteiger partial charge in [-0.15, -0.1) is 0 Å². The normalized spacial score (nSPS) is 25.2. The zero-order valence-corrected chi connectivity index (χ0v) is 11.5. The van der Waals surface area contributed by atoms with Crippen LogP contribution in [0.25, 0.3) is 0 Å². The number of rotatable bonds is 3. The molecular weight excluding hydrogens is 260 g/mol. The van der Waals surface area contributed by atoms with Gasteiger partial charge >= 0.3 is 12.0 Å². The van der Waals surface area contributed by atoms with Crippen molar-refractivity contribution in [3.8, 4) is 0 Å². The predicted molar refractivity (Wildman–Crippen MR) is 73.7 cm³/mol. The Hall–Kier alpha value is -2.08. The minimum Gasteiger partial charge on any atom is -0.481 e. The molecule has 6 heteroatoms. The van der Waals surface area contributed by atoms with Gasteiger partial charge in [-0.2, -0.15) is 0 Å². The number of hydrogen-bond donors (Lipinski definition) is 3. The fourth-order valence-corrected chi connectivity index (χ4v) is 2.11. The minimum absolute atomic E-state index is 0.0949. The third-order valence-electron chi connectivity index (χ3n) is 3.64. The number of aliphatic carboxylic acids is 1. The van der Waals surface area contributed by atoms with Gasteiger partial charge in [0.25, 0.3) is 0 Å². The van der Waals surface area contributed by atoms with Crippen molar-refractivity contribution >= 4 is 17.7 Å². The molecule has 0 spiro atoms. The van der Waals surface area contributed by atoms with Crippen LogP contribution in [0.5, 0.6) is 0 Å². The summed E-state index contributed by atoms with van der Waals surface area (Å²) < 4.78 is 5.19. The van der Waals surface area contributed by atoms with Crippen LogP contribution < -0.4 is 10.6 Å². The van der Waals surface area contributed by atoms with Crippen LogP contribution in [0.4, 0.5) is 10.5 Å². The quantitative estimate of drug-likeness (QED) is 0.783. The maximum Gasteiger partial charge on any atom is 0.319 e. The number of aryl methyl sites for hydroxylation is 1. The second-order valence-corrected chi connectivity index (χ2v) is 5.20. The first-order valence-corrected chi connectivity index (χ1v) is 6.38. The number of urea groups is 1. The van der Waals surface area contributed by atoms with Crippen molar-refractivity contribution in [1.29, 1.82) is 0 Å². The number of anilines is 1. The molecule has 2 unspecified atom stereocenters. The molecule has 1 aliphatic heterocycles. The van der Waals surface area contributed by atoms with Crippen LogP contribution in [0.15, 0.2) is 24.3 Å². The van der Waals surface area contributed by atoms with Crippen LogP contribution in [-0.2, 0) is 9.53 Å². The molecule has 1 aromatic rings. The van der Waals surface area contributed by atoms with E-state index in [0.29, 0.717) is 5.69 Å². The minimum atomic E-state index is -1.09. The van der Waals surface area contributed by atoms with E-state index in [1.165, 1.54) is 0 Å². The van der Waals surface area contributed by atoms with E-state index < -0.39 is 23.5 Å². The Bertz CT molecular complexity index is 532. The van der Waals surface area contributed by atoms with Gasteiger partial charge in [-0.25, -0.2) is 4.79 Å². The molecule has 0 radical (unpaired) electrons. The van der Waals surface area contributed by atoms with Crippen molar-refractivity contribution in [2.24, 2.45) is 5.41 Å². The highest BCUT2D eigenvalue weighted by Crippen LogP contribution is 2.28. The number of hydrogen-bond acceptors (Lipinski definition) is 3. The van der Waals surface area contributed by atoms with Crippen molar-refractivity contribution in [1.82, 2.24) is 5.32 Å². The largest absolute Gasteiger partial charge is 0.481 e. The number of carboxylic acids is 1. The van der Waals surface area contributed by atoms with E-state index in [-0.39, 0.29) is 13.2 Å². The van der Waals surface area contributed by atoms with Crippen LogP contribution in [0.1, 0.15) is 12.5 Å². The van der Waals surface area contributed by atoms with Gasteiger partial charge in [-0.1, -0.05) is 18.2 Å². The SMILES string of the molecule is Cc1ccccc1NC(=O)NC1COCC1(C)C(=O)O. The van der Waals surface area contributed by atoms with Gasteiger partial charge < -0.3 is 20.5 Å². The van der Waals surface area contributed by atoms with Gasteiger partial charge in [0, 0.05) is 5.69 Å². The molecule has 3 N–H and O–H groups in total. The van der Waals surface area contributed by atoms with E-state index >= 15 is 0 Å². The highest BCUT2D eigenvalue weighted by Gasteiger charge is 2.47. The Labute approximate surface area is 117 Å². The molecule has 2 rings (SSSR count). The predicted octanol–water partition coefficient (Wildman–Crippen LogP) is 1.61. The summed E-state index contributed by atoms with van der Waals surface area (Å²) >= 11 is 0. The fraction of sp³-hybridized carbons (Fsp3) is 0.429. The van der Waals surface area contributed by atoms with Crippen molar-refractivity contribution in [3.63, 3.8) is 0 Å². The summed E-state index contributed by atoms with van der Waals surface area (Å²) in [6.45, 7) is 3.75. The van der Waals surface area contributed by atoms with E-state index in [0.717, 1.165) is 5.56 Å². The molecule has 108 valence electrons. The number of nitrogens with one attached hydrogen (secondary N) is 2. The molecule has 1 heterocycles. The summed E-state index contributed by atoms with van der Waals surface area (Å²) in [5, 5.41) is 14.6. The molecule has 0 aliphatic carbocycles. The summed E-state index contributed by atoms with van der Waals surface area (Å²) in [4.78, 5) is 23.2. The molecule has 2 amide bonds. The van der Waals surface area contributed by atoms with Gasteiger partial charge in [0.15, 0.2) is 0 Å². The molecule has 1 aromatic carbocycles. The number of ether oxygens (including phenoxy) is 1. The van der Waals surface area contributed by atoms with Gasteiger partial charge in [0.2, 0.25) is 0 Å². The molecule has 0 aromatic heterocycles. The first kappa shape index (κ1) is 14.3. The average Bonchev–Trinajstić information content (AvgIpc) is 2.75. The van der Waals surface area contributed by atoms with Crippen LogP contribution >= 0.6 is 0 Å². The van der Waals surface area contributed by atoms with Crippen molar-refractivity contribution in [3.05, 3.63) is 29.8 Å². The van der Waals surface area contributed by atoms with Gasteiger partial charge in [0.05, 0.1) is 19.3 Å². The second kappa shape index (κ2) is 5.50. The monoisotopic (exact) mass is 278 g/mol. The molecule has 0 bridgehead atoms. The Morgan fingerprint density at radius 1 is 1.40 bits per heavy atom. The highest BCUT2D eigenvalue weighted by molar-refractivity contribution is 5.91. The summed E-state index contributed by atoms with van der Waals surface area (Å²) in [7, 11) is 0. The number of carbonyl (C=O) groups excluding carboxylic acids is 1. The lowest BCUT2D eigenvalue weighted by atomic mass is 9.85. The van der Waals surface area contributed by atoms with Gasteiger partial charge in [-0.3, -0.25) is 4.79 Å². The number of benzene rings is 1. The zero-order chi connectivity index (χ0) is 14.8. The molecule has 1 fully saturated rings. The summed E-state index contributed by atoms with van der Waals surface area (Å²) in [5.74, 6) is -0.976. The standard InChI is InChI=1S/C14H18N2O4/c1-9-5-3-4-6-10(9)15-13(19)16-11-7-20-8-14(11,2)12(17)18/h3-6,11H,7-8H2,1-2H3,(H,17,18)(H2,15,16,19). The number of amides is 2. The van der Waals surface area contributed by atoms with Crippen molar-refractivity contribution in [2.75, 3.05) is 18.5 Å². The fourth-order valence-electron chi connectivity index (χ4n) is 2.11. The van der Waals surface area contributed by atoms with Gasteiger partial charge in [-0.05, 0) is 25.5 Å². The topological polar surface area (TPSA) is 87.7 Å². The number of carboxylic acid groups (broad SMARTS) is 1. The average molecular weight is 278 g/mol. The molecular formula is C14H18N2O4. The lowest BCUT2D eigenvalue weighted by molar-refractivity contribution is -0.148. The number of carbonyl (C=O) groups is 2. The van der Waals surface area contributed by atoms with Crippen LogP contribution in [0, 0.1) is 12.3 Å². The third-order valence-corrected chi connectivity index (χ3v) is 3.64. The van der Waals surface area contributed by atoms with E-state index in [2.05, 4.69) is 10.6 Å². The third kappa shape index (κ3) is 2.75. The molecule has 20 heavy (non-hydrogen) atoms. The molecule has 1 aliphatic rings. The first-order chi connectivity index (χ1) is 9.43. The highest BCUT2D eigenvalue weighted by atomic mass is 16.5. The van der Waals surface area contributed by atoms with Crippen molar-refractivity contribution in [2.45, 2.75) is 19.9 Å². The Morgan fingerprint density at radius 3 is 2.75 bits per heavy atom. The van der Waals surface area contributed by atoms with E-state index in [1.807, 2.05) is 25.1 Å². The Morgan fingerprint density at radius 2 is 2.10 bits per heavy atom.